The number of nitrogens with zero attached hydrogens (tertiary/aromatic N) is 2. The summed E-state index contributed by atoms with van der Waals surface area (Å²) in [5.41, 5.74) is 2.36. The molecule has 0 amide bonds. The van der Waals surface area contributed by atoms with E-state index in [4.69, 9.17) is 5.84 Å². The molecule has 20 heavy (non-hydrogen) atoms. The molecule has 0 aliphatic carbocycles. The van der Waals surface area contributed by atoms with Crippen molar-refractivity contribution in [3.05, 3.63) is 18.3 Å². The lowest BCUT2D eigenvalue weighted by Crippen LogP contribution is -2.31. The molecule has 8 heteroatoms. The number of nitrogens with two attached hydrogens (primary N) is 1. The first kappa shape index (κ1) is 15.2. The molecule has 1 aliphatic rings. The van der Waals surface area contributed by atoms with E-state index >= 15 is 0 Å². The van der Waals surface area contributed by atoms with Gasteiger partial charge in [-0.15, -0.1) is 0 Å². The number of hydrogen-bond acceptors (Lipinski definition) is 6. The van der Waals surface area contributed by atoms with Crippen LogP contribution in [0.5, 0.6) is 0 Å². The van der Waals surface area contributed by atoms with Gasteiger partial charge in [0.25, 0.3) is 0 Å². The summed E-state index contributed by atoms with van der Waals surface area (Å²) in [5.74, 6) is 6.00. The Kier molecular flexibility index (Phi) is 4.92. The van der Waals surface area contributed by atoms with Gasteiger partial charge >= 0.3 is 0 Å². The van der Waals surface area contributed by atoms with E-state index in [1.165, 1.54) is 18.3 Å². The van der Waals surface area contributed by atoms with Gasteiger partial charge in [-0.25, -0.2) is 24.0 Å². The number of pyridine rings is 1. The molecule has 4 N–H and O–H groups in total. The molecule has 0 aromatic carbocycles. The summed E-state index contributed by atoms with van der Waals surface area (Å²) < 4.78 is 26.9. The smallest absolute Gasteiger partial charge is 0.242 e. The van der Waals surface area contributed by atoms with Crippen LogP contribution in [0.25, 0.3) is 0 Å². The van der Waals surface area contributed by atoms with Crippen LogP contribution >= 0.6 is 0 Å². The van der Waals surface area contributed by atoms with Crippen molar-refractivity contribution in [2.45, 2.75) is 18.2 Å². The summed E-state index contributed by atoms with van der Waals surface area (Å²) in [5, 5.41) is 0. The Labute approximate surface area is 119 Å². The number of likely N-dealkylation sites (tertiary alicyclic amines) is 1. The average molecular weight is 299 g/mol. The molecule has 1 unspecified atom stereocenters. The van der Waals surface area contributed by atoms with Crippen molar-refractivity contribution in [2.75, 3.05) is 31.6 Å². The van der Waals surface area contributed by atoms with Gasteiger partial charge in [0.15, 0.2) is 0 Å². The fourth-order valence-corrected chi connectivity index (χ4v) is 3.36. The first-order valence-electron chi connectivity index (χ1n) is 6.70. The molecule has 2 rings (SSSR count). The molecule has 1 aromatic heterocycles. The summed E-state index contributed by atoms with van der Waals surface area (Å²) in [6.07, 6.45) is 2.33. The number of hydrogen-bond donors (Lipinski definition) is 3. The van der Waals surface area contributed by atoms with E-state index in [9.17, 15) is 8.42 Å². The quantitative estimate of drug-likeness (QED) is 0.504. The summed E-state index contributed by atoms with van der Waals surface area (Å²) in [4.78, 5) is 6.38. The maximum absolute atomic E-state index is 12.1. The first-order chi connectivity index (χ1) is 9.55. The third-order valence-corrected chi connectivity index (χ3v) is 4.98. The topological polar surface area (TPSA) is 100 Å². The molecule has 112 valence electrons. The van der Waals surface area contributed by atoms with Gasteiger partial charge < -0.3 is 10.3 Å². The van der Waals surface area contributed by atoms with E-state index in [1.54, 1.807) is 0 Å². The van der Waals surface area contributed by atoms with Crippen LogP contribution < -0.4 is 16.0 Å². The minimum atomic E-state index is -3.50. The summed E-state index contributed by atoms with van der Waals surface area (Å²) in [7, 11) is -3.50. The van der Waals surface area contributed by atoms with Crippen molar-refractivity contribution in [2.24, 2.45) is 11.8 Å². The van der Waals surface area contributed by atoms with Gasteiger partial charge in [-0.05, 0) is 37.6 Å². The number of sulfonamides is 1. The molecule has 1 atom stereocenters. The first-order valence-corrected chi connectivity index (χ1v) is 8.18. The third kappa shape index (κ3) is 3.66. The maximum atomic E-state index is 12.1. The standard InChI is InChI=1S/C12H21N5O2S/c1-2-17-6-5-10(9-17)7-15-20(18,19)11-3-4-12(16-13)14-8-11/h3-4,8,10,15H,2,5-7,9,13H2,1H3,(H,14,16). The van der Waals surface area contributed by atoms with Crippen molar-refractivity contribution in [3.8, 4) is 0 Å². The van der Waals surface area contributed by atoms with Crippen molar-refractivity contribution in [1.29, 1.82) is 0 Å². The van der Waals surface area contributed by atoms with Crippen molar-refractivity contribution in [3.63, 3.8) is 0 Å². The van der Waals surface area contributed by atoms with Crippen LogP contribution in [0, 0.1) is 5.92 Å². The Balaban J connectivity index is 1.93. The zero-order chi connectivity index (χ0) is 14.6. The Morgan fingerprint density at radius 1 is 1.50 bits per heavy atom. The molecule has 0 bridgehead atoms. The summed E-state index contributed by atoms with van der Waals surface area (Å²) >= 11 is 0. The number of anilines is 1. The maximum Gasteiger partial charge on any atom is 0.242 e. The third-order valence-electron chi connectivity index (χ3n) is 3.57. The molecule has 0 radical (unpaired) electrons. The molecule has 1 fully saturated rings. The van der Waals surface area contributed by atoms with Crippen molar-refractivity contribution in [1.82, 2.24) is 14.6 Å². The Bertz CT molecular complexity index is 531. The van der Waals surface area contributed by atoms with Gasteiger partial charge in [-0.1, -0.05) is 6.92 Å². The molecule has 1 aromatic rings. The summed E-state index contributed by atoms with van der Waals surface area (Å²) in [6.45, 7) is 5.59. The number of rotatable bonds is 6. The van der Waals surface area contributed by atoms with Crippen LogP contribution in [-0.4, -0.2) is 44.5 Å². The van der Waals surface area contributed by atoms with Crippen molar-refractivity contribution >= 4 is 15.8 Å². The average Bonchev–Trinajstić information content (AvgIpc) is 2.93. The van der Waals surface area contributed by atoms with Crippen LogP contribution in [0.1, 0.15) is 13.3 Å². The highest BCUT2D eigenvalue weighted by atomic mass is 32.2. The normalized spacial score (nSPS) is 20.2. The van der Waals surface area contributed by atoms with E-state index in [1.807, 2.05) is 0 Å². The van der Waals surface area contributed by atoms with Gasteiger partial charge in [-0.2, -0.15) is 0 Å². The minimum absolute atomic E-state index is 0.154. The predicted octanol–water partition coefficient (Wildman–Crippen LogP) is -0.0127. The fourth-order valence-electron chi connectivity index (χ4n) is 2.30. The van der Waals surface area contributed by atoms with E-state index in [0.717, 1.165) is 26.1 Å². The van der Waals surface area contributed by atoms with E-state index in [2.05, 4.69) is 27.0 Å². The van der Waals surface area contributed by atoms with E-state index in [0.29, 0.717) is 18.3 Å². The second-order valence-corrected chi connectivity index (χ2v) is 6.69. The van der Waals surface area contributed by atoms with Crippen LogP contribution in [0.4, 0.5) is 5.82 Å². The highest BCUT2D eigenvalue weighted by Crippen LogP contribution is 2.16. The molecular weight excluding hydrogens is 278 g/mol. The minimum Gasteiger partial charge on any atom is -0.308 e. The Morgan fingerprint density at radius 2 is 2.30 bits per heavy atom. The van der Waals surface area contributed by atoms with Gasteiger partial charge in [0, 0.05) is 19.3 Å². The van der Waals surface area contributed by atoms with Crippen LogP contribution in [-0.2, 0) is 10.0 Å². The number of nitrogens with one attached hydrogen (secondary N) is 2. The van der Waals surface area contributed by atoms with Gasteiger partial charge in [0.05, 0.1) is 0 Å². The molecular formula is C12H21N5O2S. The fraction of sp³-hybridized carbons (Fsp3) is 0.583. The van der Waals surface area contributed by atoms with Crippen LogP contribution in [0.2, 0.25) is 0 Å². The van der Waals surface area contributed by atoms with Gasteiger partial charge in [-0.3, -0.25) is 0 Å². The summed E-state index contributed by atoms with van der Waals surface area (Å²) in [6, 6.07) is 3.01. The van der Waals surface area contributed by atoms with Gasteiger partial charge in [0.2, 0.25) is 10.0 Å². The van der Waals surface area contributed by atoms with Gasteiger partial charge in [0.1, 0.15) is 10.7 Å². The molecule has 1 aliphatic heterocycles. The zero-order valence-electron chi connectivity index (χ0n) is 11.5. The number of nitrogen functional groups attached to an aromatic ring is 1. The lowest BCUT2D eigenvalue weighted by Gasteiger charge is -2.14. The highest BCUT2D eigenvalue weighted by molar-refractivity contribution is 7.89. The largest absolute Gasteiger partial charge is 0.308 e. The Hall–Kier alpha value is -1.22. The van der Waals surface area contributed by atoms with Crippen LogP contribution in [0.15, 0.2) is 23.2 Å². The lowest BCUT2D eigenvalue weighted by molar-refractivity contribution is 0.342. The number of hydrazine groups is 1. The second-order valence-electron chi connectivity index (χ2n) is 4.92. The molecule has 0 spiro atoms. The molecule has 2 heterocycles. The zero-order valence-corrected chi connectivity index (χ0v) is 12.4. The Morgan fingerprint density at radius 3 is 2.85 bits per heavy atom. The number of aromatic nitrogens is 1. The van der Waals surface area contributed by atoms with Crippen molar-refractivity contribution < 1.29 is 8.42 Å². The van der Waals surface area contributed by atoms with E-state index in [-0.39, 0.29) is 4.90 Å². The monoisotopic (exact) mass is 299 g/mol. The molecule has 7 nitrogen and oxygen atoms in total. The molecule has 0 saturated carbocycles. The molecule has 1 saturated heterocycles. The second kappa shape index (κ2) is 6.49. The predicted molar refractivity (Wildman–Crippen MR) is 77.5 cm³/mol. The highest BCUT2D eigenvalue weighted by Gasteiger charge is 2.23. The SMILES string of the molecule is CCN1CCC(CNS(=O)(=O)c2ccc(NN)nc2)C1. The van der Waals surface area contributed by atoms with Crippen LogP contribution in [0.3, 0.4) is 0 Å². The lowest BCUT2D eigenvalue weighted by atomic mass is 10.1. The van der Waals surface area contributed by atoms with E-state index < -0.39 is 10.0 Å².